The lowest BCUT2D eigenvalue weighted by Gasteiger charge is -2.14. The molecule has 2 aromatic rings. The van der Waals surface area contributed by atoms with Crippen LogP contribution in [-0.2, 0) is 4.79 Å². The van der Waals surface area contributed by atoms with E-state index >= 15 is 0 Å². The summed E-state index contributed by atoms with van der Waals surface area (Å²) in [6.07, 6.45) is 0. The molecule has 0 aliphatic heterocycles. The Kier molecular flexibility index (Phi) is 5.16. The highest BCUT2D eigenvalue weighted by Gasteiger charge is 2.08. The summed E-state index contributed by atoms with van der Waals surface area (Å²) >= 11 is 5.95. The predicted molar refractivity (Wildman–Crippen MR) is 82.9 cm³/mol. The Morgan fingerprint density at radius 3 is 2.60 bits per heavy atom. The first-order valence-corrected chi connectivity index (χ1v) is 6.86. The number of carbonyl (C=O) groups excluding carboxylic acids is 1. The van der Waals surface area contributed by atoms with Crippen LogP contribution in [0.1, 0.15) is 18.5 Å². The third-order valence-electron chi connectivity index (χ3n) is 2.98. The van der Waals surface area contributed by atoms with Gasteiger partial charge in [-0.25, -0.2) is 0 Å². The van der Waals surface area contributed by atoms with Crippen LogP contribution in [0.4, 0.5) is 5.69 Å². The second kappa shape index (κ2) is 7.08. The Morgan fingerprint density at radius 2 is 1.90 bits per heavy atom. The number of hydrogen-bond acceptors (Lipinski definition) is 2. The molecule has 4 heteroatoms. The molecule has 2 N–H and O–H groups in total. The molecule has 0 aliphatic rings. The second-order valence-electron chi connectivity index (χ2n) is 4.57. The van der Waals surface area contributed by atoms with Gasteiger partial charge in [0.2, 0.25) is 5.91 Å². The van der Waals surface area contributed by atoms with Gasteiger partial charge in [-0.05, 0) is 36.8 Å². The highest BCUT2D eigenvalue weighted by atomic mass is 35.5. The van der Waals surface area contributed by atoms with Crippen LogP contribution >= 0.6 is 11.6 Å². The predicted octanol–water partition coefficient (Wildman–Crippen LogP) is 3.63. The van der Waals surface area contributed by atoms with Gasteiger partial charge in [0.25, 0.3) is 0 Å². The van der Waals surface area contributed by atoms with Gasteiger partial charge in [-0.2, -0.15) is 0 Å². The zero-order valence-electron chi connectivity index (χ0n) is 11.3. The number of rotatable bonds is 5. The summed E-state index contributed by atoms with van der Waals surface area (Å²) in [4.78, 5) is 11.8. The minimum atomic E-state index is -0.0647. The van der Waals surface area contributed by atoms with Crippen LogP contribution in [0, 0.1) is 0 Å². The normalized spacial score (nSPS) is 11.9. The number of amides is 1. The largest absolute Gasteiger partial charge is 0.325 e. The van der Waals surface area contributed by atoms with Crippen molar-refractivity contribution in [2.24, 2.45) is 0 Å². The first-order valence-electron chi connectivity index (χ1n) is 6.49. The van der Waals surface area contributed by atoms with E-state index in [9.17, 15) is 4.79 Å². The molecule has 1 unspecified atom stereocenters. The highest BCUT2D eigenvalue weighted by Crippen LogP contribution is 2.17. The molecular formula is C16H17ClN2O. The molecule has 2 rings (SSSR count). The zero-order chi connectivity index (χ0) is 14.4. The molecule has 104 valence electrons. The summed E-state index contributed by atoms with van der Waals surface area (Å²) in [5.41, 5.74) is 1.86. The van der Waals surface area contributed by atoms with Crippen LogP contribution in [0.2, 0.25) is 5.02 Å². The molecule has 0 aliphatic carbocycles. The summed E-state index contributed by atoms with van der Waals surface area (Å²) < 4.78 is 0. The fourth-order valence-electron chi connectivity index (χ4n) is 1.87. The van der Waals surface area contributed by atoms with Gasteiger partial charge in [0.1, 0.15) is 0 Å². The number of para-hydroxylation sites is 1. The molecular weight excluding hydrogens is 272 g/mol. The van der Waals surface area contributed by atoms with Crippen molar-refractivity contribution < 1.29 is 4.79 Å². The number of benzene rings is 2. The first-order chi connectivity index (χ1) is 9.65. The molecule has 3 nitrogen and oxygen atoms in total. The Hall–Kier alpha value is -1.84. The summed E-state index contributed by atoms with van der Waals surface area (Å²) in [6, 6.07) is 17.1. The van der Waals surface area contributed by atoms with E-state index < -0.39 is 0 Å². The van der Waals surface area contributed by atoms with Crippen LogP contribution < -0.4 is 10.6 Å². The van der Waals surface area contributed by atoms with Crippen LogP contribution in [-0.4, -0.2) is 12.5 Å². The summed E-state index contributed by atoms with van der Waals surface area (Å²) in [6.45, 7) is 2.25. The maximum Gasteiger partial charge on any atom is 0.238 e. The number of anilines is 1. The third kappa shape index (κ3) is 4.37. The van der Waals surface area contributed by atoms with Gasteiger partial charge in [0.15, 0.2) is 0 Å². The van der Waals surface area contributed by atoms with E-state index in [2.05, 4.69) is 10.6 Å². The molecule has 0 radical (unpaired) electrons. The SMILES string of the molecule is CC(NCC(=O)Nc1ccccc1)c1cccc(Cl)c1. The van der Waals surface area contributed by atoms with E-state index in [1.54, 1.807) is 0 Å². The van der Waals surface area contributed by atoms with Gasteiger partial charge >= 0.3 is 0 Å². The molecule has 20 heavy (non-hydrogen) atoms. The van der Waals surface area contributed by atoms with Gasteiger partial charge in [0, 0.05) is 16.8 Å². The van der Waals surface area contributed by atoms with Gasteiger partial charge in [0.05, 0.1) is 6.54 Å². The van der Waals surface area contributed by atoms with Gasteiger partial charge < -0.3 is 10.6 Å². The molecule has 0 aromatic heterocycles. The zero-order valence-corrected chi connectivity index (χ0v) is 12.0. The lowest BCUT2D eigenvalue weighted by Crippen LogP contribution is -2.30. The van der Waals surface area contributed by atoms with Crippen LogP contribution in [0.15, 0.2) is 54.6 Å². The molecule has 0 spiro atoms. The Balaban J connectivity index is 1.84. The van der Waals surface area contributed by atoms with E-state index in [0.29, 0.717) is 5.02 Å². The van der Waals surface area contributed by atoms with Gasteiger partial charge in [-0.1, -0.05) is 41.9 Å². The van der Waals surface area contributed by atoms with Crippen LogP contribution in [0.5, 0.6) is 0 Å². The number of hydrogen-bond donors (Lipinski definition) is 2. The van der Waals surface area contributed by atoms with Crippen molar-refractivity contribution in [2.45, 2.75) is 13.0 Å². The Morgan fingerprint density at radius 1 is 1.15 bits per heavy atom. The average molecular weight is 289 g/mol. The Bertz CT molecular complexity index is 572. The van der Waals surface area contributed by atoms with Crippen molar-refractivity contribution in [3.05, 3.63) is 65.2 Å². The van der Waals surface area contributed by atoms with E-state index in [4.69, 9.17) is 11.6 Å². The fraction of sp³-hybridized carbons (Fsp3) is 0.188. The average Bonchev–Trinajstić information content (AvgIpc) is 2.46. The molecule has 1 atom stereocenters. The van der Waals surface area contributed by atoms with Crippen molar-refractivity contribution in [1.29, 1.82) is 0 Å². The smallest absolute Gasteiger partial charge is 0.238 e. The van der Waals surface area contributed by atoms with Crippen molar-refractivity contribution in [1.82, 2.24) is 5.32 Å². The number of nitrogens with one attached hydrogen (secondary N) is 2. The topological polar surface area (TPSA) is 41.1 Å². The molecule has 2 aromatic carbocycles. The summed E-state index contributed by atoms with van der Waals surface area (Å²) in [5.74, 6) is -0.0647. The molecule has 1 amide bonds. The van der Waals surface area contributed by atoms with E-state index in [1.165, 1.54) is 0 Å². The third-order valence-corrected chi connectivity index (χ3v) is 3.21. The standard InChI is InChI=1S/C16H17ClN2O/c1-12(13-6-5-7-14(17)10-13)18-11-16(20)19-15-8-3-2-4-9-15/h2-10,12,18H,11H2,1H3,(H,19,20). The quantitative estimate of drug-likeness (QED) is 0.882. The van der Waals surface area contributed by atoms with Crippen molar-refractivity contribution in [2.75, 3.05) is 11.9 Å². The Labute approximate surface area is 124 Å². The van der Waals surface area contributed by atoms with Gasteiger partial charge in [-0.15, -0.1) is 0 Å². The highest BCUT2D eigenvalue weighted by molar-refractivity contribution is 6.30. The number of carbonyl (C=O) groups is 1. The van der Waals surface area contributed by atoms with E-state index in [0.717, 1.165) is 11.3 Å². The molecule has 0 bridgehead atoms. The number of halogens is 1. The molecule has 0 fully saturated rings. The van der Waals surface area contributed by atoms with Crippen molar-refractivity contribution in [3.63, 3.8) is 0 Å². The maximum atomic E-state index is 11.8. The molecule has 0 saturated heterocycles. The van der Waals surface area contributed by atoms with Crippen molar-refractivity contribution in [3.8, 4) is 0 Å². The maximum absolute atomic E-state index is 11.8. The first kappa shape index (κ1) is 14.6. The fourth-order valence-corrected chi connectivity index (χ4v) is 2.06. The minimum Gasteiger partial charge on any atom is -0.325 e. The minimum absolute atomic E-state index is 0.0647. The molecule has 0 heterocycles. The monoisotopic (exact) mass is 288 g/mol. The van der Waals surface area contributed by atoms with Crippen molar-refractivity contribution >= 4 is 23.2 Å². The summed E-state index contributed by atoms with van der Waals surface area (Å²) in [5, 5.41) is 6.71. The van der Waals surface area contributed by atoms with E-state index in [1.807, 2.05) is 61.5 Å². The van der Waals surface area contributed by atoms with Gasteiger partial charge in [-0.3, -0.25) is 4.79 Å². The van der Waals surface area contributed by atoms with E-state index in [-0.39, 0.29) is 18.5 Å². The lowest BCUT2D eigenvalue weighted by atomic mass is 10.1. The van der Waals surface area contributed by atoms with Crippen LogP contribution in [0.25, 0.3) is 0 Å². The summed E-state index contributed by atoms with van der Waals surface area (Å²) in [7, 11) is 0. The lowest BCUT2D eigenvalue weighted by molar-refractivity contribution is -0.115. The molecule has 0 saturated carbocycles. The van der Waals surface area contributed by atoms with Crippen LogP contribution in [0.3, 0.4) is 0 Å². The second-order valence-corrected chi connectivity index (χ2v) is 5.01.